The molecule has 1 saturated heterocycles. The molecule has 0 bridgehead atoms. The van der Waals surface area contributed by atoms with Gasteiger partial charge in [-0.1, -0.05) is 30.3 Å². The summed E-state index contributed by atoms with van der Waals surface area (Å²) in [4.78, 5) is 55.1. The molecule has 1 aromatic heterocycles. The second kappa shape index (κ2) is 14.3. The summed E-state index contributed by atoms with van der Waals surface area (Å²) in [7, 11) is 0. The minimum Gasteiger partial charge on any atom is -0.461 e. The average Bonchev–Trinajstić information content (AvgIpc) is 3.62. The Balaban J connectivity index is 1.49. The Hall–Kier alpha value is -4.48. The van der Waals surface area contributed by atoms with E-state index in [1.54, 1.807) is 50.5 Å². The van der Waals surface area contributed by atoms with Crippen molar-refractivity contribution in [1.82, 2.24) is 14.8 Å². The number of alkyl halides is 1. The second-order valence-electron chi connectivity index (χ2n) is 13.7. The highest BCUT2D eigenvalue weighted by molar-refractivity contribution is 5.96. The number of nitrogens with one attached hydrogen (secondary N) is 1. The molecule has 10 nitrogen and oxygen atoms in total. The number of carbonyl (C=O) groups excluding carboxylic acids is 4. The van der Waals surface area contributed by atoms with Crippen LogP contribution in [0.4, 0.5) is 13.6 Å². The summed E-state index contributed by atoms with van der Waals surface area (Å²) in [6.45, 7) is 6.25. The molecule has 3 N–H and O–H groups in total. The summed E-state index contributed by atoms with van der Waals surface area (Å²) >= 11 is 0. The number of primary amides is 1. The van der Waals surface area contributed by atoms with Crippen molar-refractivity contribution in [1.29, 1.82) is 0 Å². The highest BCUT2D eigenvalue weighted by atomic mass is 19.1. The van der Waals surface area contributed by atoms with Crippen LogP contribution in [-0.2, 0) is 19.1 Å². The average molecular weight is 667 g/mol. The lowest BCUT2D eigenvalue weighted by Gasteiger charge is -2.38. The molecule has 2 heterocycles. The predicted octanol–water partition coefficient (Wildman–Crippen LogP) is 5.99. The van der Waals surface area contributed by atoms with Crippen LogP contribution in [-0.4, -0.2) is 64.3 Å². The molecule has 1 aliphatic heterocycles. The molecule has 5 rings (SSSR count). The highest BCUT2D eigenvalue weighted by Gasteiger charge is 2.51. The van der Waals surface area contributed by atoms with Crippen molar-refractivity contribution in [3.63, 3.8) is 0 Å². The summed E-state index contributed by atoms with van der Waals surface area (Å²) in [6, 6.07) is 13.0. The number of halogens is 2. The van der Waals surface area contributed by atoms with Gasteiger partial charge in [-0.15, -0.1) is 0 Å². The van der Waals surface area contributed by atoms with Gasteiger partial charge in [0.05, 0.1) is 18.2 Å². The van der Waals surface area contributed by atoms with Gasteiger partial charge in [-0.2, -0.15) is 0 Å². The Morgan fingerprint density at radius 2 is 1.69 bits per heavy atom. The van der Waals surface area contributed by atoms with Crippen LogP contribution in [0.2, 0.25) is 0 Å². The lowest BCUT2D eigenvalue weighted by Crippen LogP contribution is -2.51. The van der Waals surface area contributed by atoms with Gasteiger partial charge in [-0.3, -0.25) is 9.59 Å². The van der Waals surface area contributed by atoms with Crippen molar-refractivity contribution in [2.45, 2.75) is 89.6 Å². The van der Waals surface area contributed by atoms with Gasteiger partial charge in [-0.25, -0.2) is 18.4 Å². The number of esters is 1. The van der Waals surface area contributed by atoms with Gasteiger partial charge >= 0.3 is 12.1 Å². The van der Waals surface area contributed by atoms with E-state index >= 15 is 0 Å². The Bertz CT molecular complexity index is 1640. The summed E-state index contributed by atoms with van der Waals surface area (Å²) < 4.78 is 40.6. The lowest BCUT2D eigenvalue weighted by atomic mass is 9.78. The molecule has 48 heavy (non-hydrogen) atoms. The number of benzene rings is 2. The summed E-state index contributed by atoms with van der Waals surface area (Å²) in [6.07, 6.45) is 0.442. The maximum Gasteiger partial charge on any atom is 0.407 e. The molecule has 2 aliphatic rings. The fourth-order valence-corrected chi connectivity index (χ4v) is 7.31. The molecular formula is C36H44F2N4O6. The number of hydrogen-bond acceptors (Lipinski definition) is 6. The molecule has 1 saturated carbocycles. The van der Waals surface area contributed by atoms with Gasteiger partial charge in [0, 0.05) is 17.2 Å². The molecule has 258 valence electrons. The number of fused-ring (bicyclic) bond motifs is 1. The first kappa shape index (κ1) is 34.8. The van der Waals surface area contributed by atoms with Crippen LogP contribution in [0.25, 0.3) is 10.9 Å². The summed E-state index contributed by atoms with van der Waals surface area (Å²) in [5.41, 5.74) is 6.86. The molecule has 1 aliphatic carbocycles. The van der Waals surface area contributed by atoms with Crippen LogP contribution in [0, 0.1) is 17.7 Å². The zero-order chi connectivity index (χ0) is 34.7. The molecule has 2 unspecified atom stereocenters. The number of likely N-dealkylation sites (tertiary alicyclic amines) is 1. The van der Waals surface area contributed by atoms with Crippen molar-refractivity contribution < 1.29 is 37.4 Å². The van der Waals surface area contributed by atoms with Crippen LogP contribution in [0.5, 0.6) is 0 Å². The molecule has 2 fully saturated rings. The summed E-state index contributed by atoms with van der Waals surface area (Å²) in [5.74, 6) is -3.37. The van der Waals surface area contributed by atoms with Crippen LogP contribution >= 0.6 is 0 Å². The number of rotatable bonds is 9. The first-order valence-corrected chi connectivity index (χ1v) is 16.5. The summed E-state index contributed by atoms with van der Waals surface area (Å²) in [5, 5.41) is 3.40. The molecule has 12 heteroatoms. The molecular weight excluding hydrogens is 622 g/mol. The van der Waals surface area contributed by atoms with Gasteiger partial charge in [0.2, 0.25) is 11.8 Å². The number of amides is 3. The number of nitrogens with two attached hydrogens (primary N) is 1. The first-order valence-electron chi connectivity index (χ1n) is 16.5. The smallest absolute Gasteiger partial charge is 0.407 e. The monoisotopic (exact) mass is 666 g/mol. The Morgan fingerprint density at radius 3 is 2.29 bits per heavy atom. The minimum absolute atomic E-state index is 0.141. The maximum atomic E-state index is 14.6. The quantitative estimate of drug-likeness (QED) is 0.270. The minimum atomic E-state index is -1.09. The van der Waals surface area contributed by atoms with E-state index in [0.29, 0.717) is 36.8 Å². The van der Waals surface area contributed by atoms with E-state index in [9.17, 15) is 28.0 Å². The number of carbonyl (C=O) groups is 4. The third-order valence-electron chi connectivity index (χ3n) is 9.40. The van der Waals surface area contributed by atoms with E-state index in [2.05, 4.69) is 5.32 Å². The molecule has 4 atom stereocenters. The highest BCUT2D eigenvalue weighted by Crippen LogP contribution is 2.47. The topological polar surface area (TPSA) is 133 Å². The standard InChI is InChI=1S/C36H44F2N4O6/c1-5-47-34(45)29-18-24-8-6-7-9-28(24)41(29)30-19-26(21-14-16-25(38)17-15-21)31(32(39)43)42(30)33(44)23-12-10-22(11-13-23)27(20-37)40-35(46)48-36(2,3)4/h6-9,14-18,22-23,26-27,30-31H,5,10-13,19-20H2,1-4H3,(H2,39,43)(H,40,46)/t22?,23?,26-,27?,30?,31-/m0/s1. The number of aromatic nitrogens is 1. The van der Waals surface area contributed by atoms with Crippen LogP contribution in [0.1, 0.15) is 87.9 Å². The van der Waals surface area contributed by atoms with Gasteiger partial charge in [0.25, 0.3) is 0 Å². The zero-order valence-electron chi connectivity index (χ0n) is 27.8. The molecule has 0 radical (unpaired) electrons. The first-order chi connectivity index (χ1) is 22.8. The van der Waals surface area contributed by atoms with Crippen molar-refractivity contribution in [2.75, 3.05) is 13.3 Å². The van der Waals surface area contributed by atoms with Crippen LogP contribution < -0.4 is 11.1 Å². The molecule has 0 spiro atoms. The van der Waals surface area contributed by atoms with E-state index in [4.69, 9.17) is 15.2 Å². The van der Waals surface area contributed by atoms with Crippen LogP contribution in [0.15, 0.2) is 54.6 Å². The van der Waals surface area contributed by atoms with Gasteiger partial charge in [0.1, 0.15) is 36.0 Å². The Labute approximate surface area is 278 Å². The fourth-order valence-electron chi connectivity index (χ4n) is 7.31. The van der Waals surface area contributed by atoms with E-state index in [0.717, 1.165) is 5.39 Å². The van der Waals surface area contributed by atoms with Crippen molar-refractivity contribution >= 4 is 34.8 Å². The van der Waals surface area contributed by atoms with Crippen molar-refractivity contribution in [3.8, 4) is 0 Å². The Kier molecular flexibility index (Phi) is 10.4. The van der Waals surface area contributed by atoms with E-state index in [-0.39, 0.29) is 30.5 Å². The predicted molar refractivity (Wildman–Crippen MR) is 175 cm³/mol. The fraction of sp³-hybridized carbons (Fsp3) is 0.500. The molecule has 2 aromatic carbocycles. The Morgan fingerprint density at radius 1 is 1.02 bits per heavy atom. The van der Waals surface area contributed by atoms with E-state index in [1.807, 2.05) is 24.3 Å². The largest absolute Gasteiger partial charge is 0.461 e. The number of hydrogen-bond donors (Lipinski definition) is 2. The lowest BCUT2D eigenvalue weighted by molar-refractivity contribution is -0.146. The SMILES string of the molecule is CCOC(=O)c1cc2ccccc2n1C1C[C@@H](c2ccc(F)cc2)[C@@H](C(N)=O)N1C(=O)C1CCC(C(CF)NC(=O)OC(C)(C)C)CC1. The zero-order valence-corrected chi connectivity index (χ0v) is 27.8. The number of ether oxygens (including phenoxy) is 2. The number of para-hydroxylation sites is 1. The van der Waals surface area contributed by atoms with Gasteiger partial charge < -0.3 is 30.0 Å². The maximum absolute atomic E-state index is 14.6. The number of alkyl carbamates (subject to hydrolysis) is 1. The van der Waals surface area contributed by atoms with Crippen molar-refractivity contribution in [2.24, 2.45) is 17.6 Å². The third-order valence-corrected chi connectivity index (χ3v) is 9.40. The molecule has 3 aromatic rings. The van der Waals surface area contributed by atoms with E-state index in [1.165, 1.54) is 17.0 Å². The second-order valence-corrected chi connectivity index (χ2v) is 13.7. The third kappa shape index (κ3) is 7.32. The van der Waals surface area contributed by atoms with Crippen LogP contribution in [0.3, 0.4) is 0 Å². The van der Waals surface area contributed by atoms with E-state index < -0.39 is 66.1 Å². The van der Waals surface area contributed by atoms with Gasteiger partial charge in [0.15, 0.2) is 0 Å². The normalized spacial score (nSPS) is 23.5. The number of nitrogens with zero attached hydrogens (tertiary/aromatic N) is 2. The molecule has 3 amide bonds. The van der Waals surface area contributed by atoms with Crippen molar-refractivity contribution in [3.05, 3.63) is 71.7 Å². The van der Waals surface area contributed by atoms with Gasteiger partial charge in [-0.05, 0) is 95.5 Å².